The summed E-state index contributed by atoms with van der Waals surface area (Å²) < 4.78 is 37.6. The number of hydrogen-bond donors (Lipinski definition) is 1. The van der Waals surface area contributed by atoms with Gasteiger partial charge in [-0.2, -0.15) is 13.2 Å². The fourth-order valence-electron chi connectivity index (χ4n) is 2.78. The van der Waals surface area contributed by atoms with Gasteiger partial charge >= 0.3 is 6.18 Å². The SMILES string of the molecule is CCN(CC)CCNCC1CCC(C(F)(F)F)CC1. The van der Waals surface area contributed by atoms with Gasteiger partial charge in [-0.1, -0.05) is 13.8 Å². The quantitative estimate of drug-likeness (QED) is 0.720. The Kier molecular flexibility index (Phi) is 7.15. The van der Waals surface area contributed by atoms with Crippen LogP contribution in [0.4, 0.5) is 13.2 Å². The monoisotopic (exact) mass is 280 g/mol. The zero-order valence-corrected chi connectivity index (χ0v) is 12.1. The van der Waals surface area contributed by atoms with Crippen LogP contribution in [0.5, 0.6) is 0 Å². The summed E-state index contributed by atoms with van der Waals surface area (Å²) >= 11 is 0. The molecule has 0 amide bonds. The number of likely N-dealkylation sites (N-methyl/N-ethyl adjacent to an activating group) is 1. The fourth-order valence-corrected chi connectivity index (χ4v) is 2.78. The number of halogens is 3. The lowest BCUT2D eigenvalue weighted by Crippen LogP contribution is -2.36. The maximum atomic E-state index is 12.5. The largest absolute Gasteiger partial charge is 0.391 e. The van der Waals surface area contributed by atoms with Crippen molar-refractivity contribution >= 4 is 0 Å². The average Bonchev–Trinajstić information content (AvgIpc) is 2.38. The van der Waals surface area contributed by atoms with E-state index in [-0.39, 0.29) is 0 Å². The number of nitrogens with zero attached hydrogens (tertiary/aromatic N) is 1. The molecule has 19 heavy (non-hydrogen) atoms. The normalized spacial score (nSPS) is 24.9. The van der Waals surface area contributed by atoms with Crippen LogP contribution < -0.4 is 5.32 Å². The Balaban J connectivity index is 2.10. The van der Waals surface area contributed by atoms with E-state index in [4.69, 9.17) is 0 Å². The molecule has 0 radical (unpaired) electrons. The first-order valence-corrected chi connectivity index (χ1v) is 7.47. The minimum absolute atomic E-state index is 0.311. The third-order valence-electron chi connectivity index (χ3n) is 4.24. The summed E-state index contributed by atoms with van der Waals surface area (Å²) in [6.45, 7) is 9.20. The van der Waals surface area contributed by atoms with Crippen LogP contribution in [0.1, 0.15) is 39.5 Å². The predicted octanol–water partition coefficient (Wildman–Crippen LogP) is 3.29. The summed E-state index contributed by atoms with van der Waals surface area (Å²) in [6, 6.07) is 0. The van der Waals surface area contributed by atoms with E-state index in [1.54, 1.807) is 0 Å². The second kappa shape index (κ2) is 8.10. The summed E-state index contributed by atoms with van der Waals surface area (Å²) in [5.74, 6) is -0.630. The molecule has 0 unspecified atom stereocenters. The van der Waals surface area contributed by atoms with Crippen molar-refractivity contribution in [2.24, 2.45) is 11.8 Å². The van der Waals surface area contributed by atoms with Gasteiger partial charge in [0.1, 0.15) is 0 Å². The third-order valence-corrected chi connectivity index (χ3v) is 4.24. The van der Waals surface area contributed by atoms with Crippen LogP contribution in [0.25, 0.3) is 0 Å². The molecular weight excluding hydrogens is 253 g/mol. The molecule has 0 saturated heterocycles. The van der Waals surface area contributed by atoms with Gasteiger partial charge in [0.2, 0.25) is 0 Å². The molecule has 1 rings (SSSR count). The Bertz CT molecular complexity index is 231. The standard InChI is InChI=1S/C14H27F3N2/c1-3-19(4-2)10-9-18-11-12-5-7-13(8-6-12)14(15,16)17/h12-13,18H,3-11H2,1-2H3. The van der Waals surface area contributed by atoms with E-state index in [9.17, 15) is 13.2 Å². The molecule has 1 aliphatic carbocycles. The molecule has 0 atom stereocenters. The van der Waals surface area contributed by atoms with E-state index in [0.29, 0.717) is 31.6 Å². The molecule has 2 nitrogen and oxygen atoms in total. The van der Waals surface area contributed by atoms with Gasteiger partial charge in [0, 0.05) is 13.1 Å². The second-order valence-corrected chi connectivity index (χ2v) is 5.49. The smallest absolute Gasteiger partial charge is 0.315 e. The van der Waals surface area contributed by atoms with E-state index in [2.05, 4.69) is 24.1 Å². The lowest BCUT2D eigenvalue weighted by atomic mass is 9.81. The third kappa shape index (κ3) is 6.13. The van der Waals surface area contributed by atoms with E-state index < -0.39 is 12.1 Å². The van der Waals surface area contributed by atoms with Gasteiger partial charge in [0.25, 0.3) is 0 Å². The number of rotatable bonds is 7. The zero-order chi connectivity index (χ0) is 14.3. The molecule has 1 N–H and O–H groups in total. The minimum atomic E-state index is -3.98. The molecule has 1 saturated carbocycles. The van der Waals surface area contributed by atoms with Crippen LogP contribution in [0, 0.1) is 11.8 Å². The molecule has 0 spiro atoms. The van der Waals surface area contributed by atoms with Gasteiger partial charge in [-0.3, -0.25) is 0 Å². The molecule has 1 fully saturated rings. The van der Waals surface area contributed by atoms with Gasteiger partial charge in [-0.15, -0.1) is 0 Å². The molecule has 5 heteroatoms. The number of alkyl halides is 3. The van der Waals surface area contributed by atoms with Crippen molar-refractivity contribution < 1.29 is 13.2 Å². The lowest BCUT2D eigenvalue weighted by molar-refractivity contribution is -0.183. The van der Waals surface area contributed by atoms with Gasteiger partial charge in [0.05, 0.1) is 5.92 Å². The van der Waals surface area contributed by atoms with E-state index in [0.717, 1.165) is 32.7 Å². The highest BCUT2D eigenvalue weighted by Gasteiger charge is 2.41. The van der Waals surface area contributed by atoms with Gasteiger partial charge < -0.3 is 10.2 Å². The van der Waals surface area contributed by atoms with Crippen molar-refractivity contribution in [2.75, 3.05) is 32.7 Å². The van der Waals surface area contributed by atoms with Crippen LogP contribution in [0.2, 0.25) is 0 Å². The molecule has 0 bridgehead atoms. The maximum Gasteiger partial charge on any atom is 0.391 e. The van der Waals surface area contributed by atoms with Crippen molar-refractivity contribution in [3.05, 3.63) is 0 Å². The Morgan fingerprint density at radius 3 is 2.11 bits per heavy atom. The van der Waals surface area contributed by atoms with Crippen LogP contribution >= 0.6 is 0 Å². The first-order valence-electron chi connectivity index (χ1n) is 7.47. The van der Waals surface area contributed by atoms with Gasteiger partial charge in [-0.25, -0.2) is 0 Å². The topological polar surface area (TPSA) is 15.3 Å². The zero-order valence-electron chi connectivity index (χ0n) is 12.1. The second-order valence-electron chi connectivity index (χ2n) is 5.49. The highest BCUT2D eigenvalue weighted by Crippen LogP contribution is 2.39. The summed E-state index contributed by atoms with van der Waals surface area (Å²) in [4.78, 5) is 2.34. The highest BCUT2D eigenvalue weighted by atomic mass is 19.4. The fraction of sp³-hybridized carbons (Fsp3) is 1.00. The summed E-state index contributed by atoms with van der Waals surface area (Å²) in [6.07, 6.45) is -1.94. The van der Waals surface area contributed by atoms with Crippen molar-refractivity contribution in [3.8, 4) is 0 Å². The average molecular weight is 280 g/mol. The summed E-state index contributed by atoms with van der Waals surface area (Å²) in [7, 11) is 0. The number of nitrogens with one attached hydrogen (secondary N) is 1. The molecule has 0 aliphatic heterocycles. The van der Waals surface area contributed by atoms with Gasteiger partial charge in [-0.05, 0) is 51.2 Å². The molecule has 0 aromatic rings. The lowest BCUT2D eigenvalue weighted by Gasteiger charge is -2.30. The van der Waals surface area contributed by atoms with Crippen molar-refractivity contribution in [1.29, 1.82) is 0 Å². The first-order chi connectivity index (χ1) is 8.97. The Morgan fingerprint density at radius 1 is 1.05 bits per heavy atom. The van der Waals surface area contributed by atoms with Crippen LogP contribution in [0.3, 0.4) is 0 Å². The van der Waals surface area contributed by atoms with E-state index >= 15 is 0 Å². The van der Waals surface area contributed by atoms with Crippen LogP contribution in [0.15, 0.2) is 0 Å². The van der Waals surface area contributed by atoms with Crippen LogP contribution in [-0.4, -0.2) is 43.8 Å². The molecule has 0 aromatic carbocycles. The number of hydrogen-bond acceptors (Lipinski definition) is 2. The van der Waals surface area contributed by atoms with E-state index in [1.165, 1.54) is 0 Å². The van der Waals surface area contributed by atoms with E-state index in [1.807, 2.05) is 0 Å². The molecular formula is C14H27F3N2. The Hall–Kier alpha value is -0.290. The minimum Gasteiger partial charge on any atom is -0.315 e. The predicted molar refractivity (Wildman–Crippen MR) is 72.2 cm³/mol. The Labute approximate surface area is 114 Å². The highest BCUT2D eigenvalue weighted by molar-refractivity contribution is 4.78. The summed E-state index contributed by atoms with van der Waals surface area (Å²) in [5.41, 5.74) is 0. The van der Waals surface area contributed by atoms with Crippen molar-refractivity contribution in [1.82, 2.24) is 10.2 Å². The van der Waals surface area contributed by atoms with Crippen LogP contribution in [-0.2, 0) is 0 Å². The first kappa shape index (κ1) is 16.8. The van der Waals surface area contributed by atoms with Crippen molar-refractivity contribution in [2.45, 2.75) is 45.7 Å². The summed E-state index contributed by atoms with van der Waals surface area (Å²) in [5, 5.41) is 3.38. The molecule has 1 aliphatic rings. The van der Waals surface area contributed by atoms with Crippen molar-refractivity contribution in [3.63, 3.8) is 0 Å². The van der Waals surface area contributed by atoms with Gasteiger partial charge in [0.15, 0.2) is 0 Å². The molecule has 0 heterocycles. The Morgan fingerprint density at radius 2 is 1.63 bits per heavy atom. The maximum absolute atomic E-state index is 12.5. The molecule has 114 valence electrons. The molecule has 0 aromatic heterocycles.